The zero-order valence-corrected chi connectivity index (χ0v) is 14.8. The van der Waals surface area contributed by atoms with Gasteiger partial charge in [0.15, 0.2) is 23.7 Å². The number of aliphatic imine (C=N–C) groups is 1. The van der Waals surface area contributed by atoms with E-state index in [1.807, 2.05) is 0 Å². The molecule has 3 rings (SSSR count). The van der Waals surface area contributed by atoms with Gasteiger partial charge in [0.2, 0.25) is 0 Å². The predicted octanol–water partition coefficient (Wildman–Crippen LogP) is 2.88. The Bertz CT molecular complexity index is 942. The zero-order valence-electron chi connectivity index (χ0n) is 14.8. The Labute approximate surface area is 152 Å². The number of hydrogen-bond acceptors (Lipinski definition) is 6. The molecule has 0 spiro atoms. The van der Waals surface area contributed by atoms with Gasteiger partial charge in [-0.2, -0.15) is 8.78 Å². The largest absolute Gasteiger partial charge is 0.459 e. The molecule has 10 heteroatoms. The average Bonchev–Trinajstić information content (AvgIpc) is 2.92. The summed E-state index contributed by atoms with van der Waals surface area (Å²) in [6, 6.07) is 2.83. The number of benzene rings is 1. The molecule has 144 valence electrons. The van der Waals surface area contributed by atoms with Gasteiger partial charge in [-0.25, -0.2) is 14.4 Å². The molecule has 1 unspecified atom stereocenters. The number of nitrogens with one attached hydrogen (secondary N) is 1. The summed E-state index contributed by atoms with van der Waals surface area (Å²) in [7, 11) is 0. The van der Waals surface area contributed by atoms with E-state index >= 15 is 0 Å². The number of anilines is 1. The highest BCUT2D eigenvalue weighted by Crippen LogP contribution is 2.44. The smallest absolute Gasteiger partial charge is 0.310 e. The van der Waals surface area contributed by atoms with E-state index in [1.54, 1.807) is 13.8 Å². The molecule has 0 saturated heterocycles. The molecule has 0 aliphatic carbocycles. The first-order valence-electron chi connectivity index (χ1n) is 7.95. The van der Waals surface area contributed by atoms with Gasteiger partial charge in [0.05, 0.1) is 0 Å². The summed E-state index contributed by atoms with van der Waals surface area (Å²) in [5.41, 5.74) is 2.83. The highest BCUT2D eigenvalue weighted by molar-refractivity contribution is 6.03. The van der Waals surface area contributed by atoms with Crippen LogP contribution in [0, 0.1) is 19.7 Å². The molecular formula is C17H17F3N4O3. The van der Waals surface area contributed by atoms with E-state index in [-0.39, 0.29) is 11.4 Å². The summed E-state index contributed by atoms with van der Waals surface area (Å²) in [5, 5.41) is 2.49. The first kappa shape index (κ1) is 18.7. The number of nitrogens with zero attached hydrogens (tertiary/aromatic N) is 2. The Balaban J connectivity index is 1.99. The number of nitrogens with two attached hydrogens (primary N) is 1. The Morgan fingerprint density at radius 2 is 2.04 bits per heavy atom. The van der Waals surface area contributed by atoms with Gasteiger partial charge in [-0.3, -0.25) is 4.79 Å². The predicted molar refractivity (Wildman–Crippen MR) is 90.2 cm³/mol. The maximum atomic E-state index is 14.4. The minimum absolute atomic E-state index is 0.0447. The number of amides is 1. The molecule has 0 saturated carbocycles. The fourth-order valence-electron chi connectivity index (χ4n) is 2.80. The minimum atomic E-state index is -3.51. The molecule has 1 amide bonds. The SMILES string of the molecule is Cc1nc(C(=O)Nc2ccc(F)c(C3(C)N=C(N)OCC3(F)F)c2)c(C)o1. The van der Waals surface area contributed by atoms with Gasteiger partial charge in [-0.05, 0) is 32.0 Å². The normalized spacial score (nSPS) is 21.3. The lowest BCUT2D eigenvalue weighted by molar-refractivity contribution is -0.117. The minimum Gasteiger partial charge on any atom is -0.459 e. The number of aryl methyl sites for hydroxylation is 2. The molecule has 1 aromatic carbocycles. The molecule has 0 fully saturated rings. The molecule has 3 N–H and O–H groups in total. The third-order valence-electron chi connectivity index (χ3n) is 4.31. The number of oxazole rings is 1. The molecule has 0 bridgehead atoms. The van der Waals surface area contributed by atoms with E-state index in [4.69, 9.17) is 10.2 Å². The average molecular weight is 382 g/mol. The number of hydrogen-bond donors (Lipinski definition) is 2. The van der Waals surface area contributed by atoms with Crippen molar-refractivity contribution in [3.63, 3.8) is 0 Å². The van der Waals surface area contributed by atoms with Crippen molar-refractivity contribution in [3.05, 3.63) is 46.9 Å². The second-order valence-electron chi connectivity index (χ2n) is 6.30. The lowest BCUT2D eigenvalue weighted by atomic mass is 9.85. The number of ether oxygens (including phenoxy) is 1. The van der Waals surface area contributed by atoms with Crippen LogP contribution in [0.3, 0.4) is 0 Å². The van der Waals surface area contributed by atoms with Crippen LogP contribution in [0.15, 0.2) is 27.6 Å². The van der Waals surface area contributed by atoms with Crippen molar-refractivity contribution in [1.29, 1.82) is 0 Å². The summed E-state index contributed by atoms with van der Waals surface area (Å²) in [6.07, 6.45) is 0. The second kappa shape index (κ2) is 6.29. The molecular weight excluding hydrogens is 365 g/mol. The van der Waals surface area contributed by atoms with Crippen LogP contribution >= 0.6 is 0 Å². The Morgan fingerprint density at radius 1 is 1.33 bits per heavy atom. The number of amidine groups is 1. The van der Waals surface area contributed by atoms with Crippen molar-refractivity contribution in [2.24, 2.45) is 10.7 Å². The fourth-order valence-corrected chi connectivity index (χ4v) is 2.80. The van der Waals surface area contributed by atoms with Crippen LogP contribution in [-0.2, 0) is 10.3 Å². The molecule has 0 radical (unpaired) electrons. The lowest BCUT2D eigenvalue weighted by Gasteiger charge is -2.37. The summed E-state index contributed by atoms with van der Waals surface area (Å²) in [5.74, 6) is -4.45. The highest BCUT2D eigenvalue weighted by Gasteiger charge is 2.56. The quantitative estimate of drug-likeness (QED) is 0.850. The number of carbonyl (C=O) groups excluding carboxylic acids is 1. The number of rotatable bonds is 3. The molecule has 27 heavy (non-hydrogen) atoms. The molecule has 1 aliphatic rings. The summed E-state index contributed by atoms with van der Waals surface area (Å²) in [6.45, 7) is 3.16. The van der Waals surface area contributed by atoms with Crippen LogP contribution in [0.25, 0.3) is 0 Å². The maximum Gasteiger partial charge on any atom is 0.310 e. The molecule has 2 aromatic rings. The van der Waals surface area contributed by atoms with Crippen molar-refractivity contribution in [1.82, 2.24) is 4.98 Å². The van der Waals surface area contributed by atoms with Gasteiger partial charge in [0, 0.05) is 18.2 Å². The van der Waals surface area contributed by atoms with Gasteiger partial charge in [-0.15, -0.1) is 0 Å². The topological polar surface area (TPSA) is 103 Å². The van der Waals surface area contributed by atoms with E-state index in [9.17, 15) is 18.0 Å². The molecule has 1 atom stereocenters. The zero-order chi connectivity index (χ0) is 20.0. The van der Waals surface area contributed by atoms with E-state index in [2.05, 4.69) is 20.0 Å². The Hall–Kier alpha value is -3.04. The maximum absolute atomic E-state index is 14.4. The molecule has 1 aromatic heterocycles. The van der Waals surface area contributed by atoms with Crippen LogP contribution in [0.2, 0.25) is 0 Å². The third-order valence-corrected chi connectivity index (χ3v) is 4.31. The van der Waals surface area contributed by atoms with Gasteiger partial charge in [0.1, 0.15) is 11.6 Å². The molecule has 1 aliphatic heterocycles. The highest BCUT2D eigenvalue weighted by atomic mass is 19.3. The summed E-state index contributed by atoms with van der Waals surface area (Å²) >= 11 is 0. The Kier molecular flexibility index (Phi) is 4.37. The summed E-state index contributed by atoms with van der Waals surface area (Å²) in [4.78, 5) is 19.9. The van der Waals surface area contributed by atoms with Crippen molar-refractivity contribution >= 4 is 17.6 Å². The van der Waals surface area contributed by atoms with E-state index in [1.165, 1.54) is 6.07 Å². The fraction of sp³-hybridized carbons (Fsp3) is 0.353. The standard InChI is InChI=1S/C17H17F3N4O3/c1-8-13(22-9(2)27-8)14(25)23-10-4-5-12(18)11(6-10)16(3)17(19,20)7-26-15(21)24-16/h4-6H,7H2,1-3H3,(H2,21,24)(H,23,25). The van der Waals surface area contributed by atoms with Crippen LogP contribution in [0.4, 0.5) is 18.9 Å². The number of halogens is 3. The van der Waals surface area contributed by atoms with Crippen LogP contribution in [-0.4, -0.2) is 29.4 Å². The monoisotopic (exact) mass is 382 g/mol. The van der Waals surface area contributed by atoms with Crippen molar-refractivity contribution < 1.29 is 27.1 Å². The van der Waals surface area contributed by atoms with Crippen LogP contribution < -0.4 is 11.1 Å². The van der Waals surface area contributed by atoms with Crippen molar-refractivity contribution in [2.75, 3.05) is 11.9 Å². The molecule has 2 heterocycles. The Morgan fingerprint density at radius 3 is 2.67 bits per heavy atom. The summed E-state index contributed by atoms with van der Waals surface area (Å²) < 4.78 is 53.0. The third kappa shape index (κ3) is 3.22. The number of aromatic nitrogens is 1. The van der Waals surface area contributed by atoms with Gasteiger partial charge >= 0.3 is 5.92 Å². The lowest BCUT2D eigenvalue weighted by Crippen LogP contribution is -2.51. The van der Waals surface area contributed by atoms with E-state index < -0.39 is 41.4 Å². The molecule has 7 nitrogen and oxygen atoms in total. The van der Waals surface area contributed by atoms with E-state index in [0.29, 0.717) is 11.7 Å². The number of alkyl halides is 2. The van der Waals surface area contributed by atoms with Crippen LogP contribution in [0.1, 0.15) is 34.6 Å². The first-order chi connectivity index (χ1) is 12.5. The van der Waals surface area contributed by atoms with E-state index in [0.717, 1.165) is 19.1 Å². The van der Waals surface area contributed by atoms with Crippen LogP contribution in [0.5, 0.6) is 0 Å². The van der Waals surface area contributed by atoms with Crippen molar-refractivity contribution in [3.8, 4) is 0 Å². The van der Waals surface area contributed by atoms with Gasteiger partial charge in [-0.1, -0.05) is 0 Å². The van der Waals surface area contributed by atoms with Gasteiger partial charge in [0.25, 0.3) is 11.9 Å². The second-order valence-corrected chi connectivity index (χ2v) is 6.30. The number of carbonyl (C=O) groups is 1. The first-order valence-corrected chi connectivity index (χ1v) is 7.95. The van der Waals surface area contributed by atoms with Gasteiger partial charge < -0.3 is 20.2 Å². The van der Waals surface area contributed by atoms with Crippen molar-refractivity contribution in [2.45, 2.75) is 32.2 Å².